The fourth-order valence-corrected chi connectivity index (χ4v) is 4.08. The molecule has 2 atom stereocenters. The zero-order valence-electron chi connectivity index (χ0n) is 12.9. The van der Waals surface area contributed by atoms with Crippen molar-refractivity contribution in [2.45, 2.75) is 31.3 Å². The van der Waals surface area contributed by atoms with Gasteiger partial charge in [0.05, 0.1) is 19.3 Å². The van der Waals surface area contributed by atoms with Crippen LogP contribution in [0.25, 0.3) is 0 Å². The highest BCUT2D eigenvalue weighted by molar-refractivity contribution is 7.10. The van der Waals surface area contributed by atoms with E-state index in [0.29, 0.717) is 19.0 Å². The molecular formula is C16H25N3O2S. The van der Waals surface area contributed by atoms with Gasteiger partial charge in [-0.1, -0.05) is 6.07 Å². The maximum Gasteiger partial charge on any atom is 0.221 e. The fraction of sp³-hybridized carbons (Fsp3) is 0.688. The van der Waals surface area contributed by atoms with E-state index in [4.69, 9.17) is 4.74 Å². The summed E-state index contributed by atoms with van der Waals surface area (Å²) >= 11 is 1.76. The molecule has 5 nitrogen and oxygen atoms in total. The molecule has 0 aromatic carbocycles. The number of morpholine rings is 1. The highest BCUT2D eigenvalue weighted by Gasteiger charge is 2.24. The Morgan fingerprint density at radius 2 is 2.36 bits per heavy atom. The second-order valence-electron chi connectivity index (χ2n) is 5.98. The Bertz CT molecular complexity index is 454. The minimum absolute atomic E-state index is 0.161. The van der Waals surface area contributed by atoms with Crippen molar-refractivity contribution in [3.8, 4) is 0 Å². The molecule has 0 bridgehead atoms. The van der Waals surface area contributed by atoms with Gasteiger partial charge in [0.1, 0.15) is 0 Å². The van der Waals surface area contributed by atoms with E-state index >= 15 is 0 Å². The Morgan fingerprint density at radius 3 is 3.05 bits per heavy atom. The lowest BCUT2D eigenvalue weighted by Crippen LogP contribution is -2.44. The molecular weight excluding hydrogens is 298 g/mol. The fourth-order valence-electron chi connectivity index (χ4n) is 3.22. The van der Waals surface area contributed by atoms with E-state index in [9.17, 15) is 4.79 Å². The van der Waals surface area contributed by atoms with Crippen molar-refractivity contribution in [2.24, 2.45) is 0 Å². The van der Waals surface area contributed by atoms with Gasteiger partial charge in [-0.25, -0.2) is 0 Å². The third kappa shape index (κ3) is 4.29. The highest BCUT2D eigenvalue weighted by atomic mass is 32.1. The monoisotopic (exact) mass is 323 g/mol. The van der Waals surface area contributed by atoms with E-state index in [1.54, 1.807) is 11.3 Å². The van der Waals surface area contributed by atoms with Crippen LogP contribution in [0.4, 0.5) is 0 Å². The number of amides is 1. The molecule has 0 aliphatic carbocycles. The zero-order valence-corrected chi connectivity index (χ0v) is 13.7. The number of carbonyl (C=O) groups is 1. The summed E-state index contributed by atoms with van der Waals surface area (Å²) in [6, 6.07) is 4.88. The molecule has 0 radical (unpaired) electrons. The molecule has 3 heterocycles. The average molecular weight is 323 g/mol. The van der Waals surface area contributed by atoms with Crippen LogP contribution in [0.1, 0.15) is 30.2 Å². The summed E-state index contributed by atoms with van der Waals surface area (Å²) in [5, 5.41) is 8.63. The van der Waals surface area contributed by atoms with E-state index in [2.05, 4.69) is 33.0 Å². The van der Waals surface area contributed by atoms with Gasteiger partial charge >= 0.3 is 0 Å². The highest BCUT2D eigenvalue weighted by Crippen LogP contribution is 2.25. The molecule has 1 amide bonds. The Balaban J connectivity index is 1.54. The zero-order chi connectivity index (χ0) is 15.2. The van der Waals surface area contributed by atoms with Crippen molar-refractivity contribution in [1.82, 2.24) is 15.5 Å². The Hall–Kier alpha value is -0.950. The number of ether oxygens (including phenoxy) is 1. The number of carbonyl (C=O) groups excluding carboxylic acids is 1. The number of hydrogen-bond acceptors (Lipinski definition) is 5. The van der Waals surface area contributed by atoms with E-state index < -0.39 is 0 Å². The van der Waals surface area contributed by atoms with Gasteiger partial charge in [-0.3, -0.25) is 9.69 Å². The van der Waals surface area contributed by atoms with Crippen molar-refractivity contribution in [1.29, 1.82) is 0 Å². The molecule has 22 heavy (non-hydrogen) atoms. The van der Waals surface area contributed by atoms with Gasteiger partial charge in [-0.2, -0.15) is 0 Å². The molecule has 1 aromatic rings. The lowest BCUT2D eigenvalue weighted by atomic mass is 10.1. The van der Waals surface area contributed by atoms with Gasteiger partial charge in [-0.15, -0.1) is 11.3 Å². The maximum atomic E-state index is 12.2. The Labute approximate surface area is 136 Å². The van der Waals surface area contributed by atoms with Crippen molar-refractivity contribution in [3.05, 3.63) is 22.4 Å². The Morgan fingerprint density at radius 1 is 1.50 bits per heavy atom. The van der Waals surface area contributed by atoms with Crippen molar-refractivity contribution < 1.29 is 9.53 Å². The van der Waals surface area contributed by atoms with Crippen molar-refractivity contribution >= 4 is 17.2 Å². The summed E-state index contributed by atoms with van der Waals surface area (Å²) in [5.41, 5.74) is 0. The topological polar surface area (TPSA) is 53.6 Å². The van der Waals surface area contributed by atoms with Crippen LogP contribution >= 0.6 is 11.3 Å². The SMILES string of the molecule is O=C(CC1CCCN1)NCC(c1cccs1)N1CCOCC1. The minimum Gasteiger partial charge on any atom is -0.379 e. The van der Waals surface area contributed by atoms with Crippen LogP contribution in [0.5, 0.6) is 0 Å². The maximum absolute atomic E-state index is 12.2. The first-order valence-corrected chi connectivity index (χ1v) is 9.06. The first kappa shape index (κ1) is 15.9. The second-order valence-corrected chi connectivity index (χ2v) is 6.96. The lowest BCUT2D eigenvalue weighted by molar-refractivity contribution is -0.121. The third-order valence-electron chi connectivity index (χ3n) is 4.44. The quantitative estimate of drug-likeness (QED) is 0.830. The molecule has 2 aliphatic rings. The number of rotatable bonds is 6. The molecule has 2 N–H and O–H groups in total. The van der Waals surface area contributed by atoms with Crippen LogP contribution in [-0.4, -0.2) is 56.2 Å². The summed E-state index contributed by atoms with van der Waals surface area (Å²) < 4.78 is 5.45. The molecule has 0 saturated carbocycles. The number of hydrogen-bond donors (Lipinski definition) is 2. The largest absolute Gasteiger partial charge is 0.379 e. The molecule has 6 heteroatoms. The molecule has 3 rings (SSSR count). The van der Waals surface area contributed by atoms with Crippen molar-refractivity contribution in [3.63, 3.8) is 0 Å². The average Bonchev–Trinajstić information content (AvgIpc) is 3.22. The van der Waals surface area contributed by atoms with Gasteiger partial charge in [-0.05, 0) is 30.8 Å². The first-order valence-electron chi connectivity index (χ1n) is 8.18. The first-order chi connectivity index (χ1) is 10.8. The van der Waals surface area contributed by atoms with Gasteiger partial charge in [0.15, 0.2) is 0 Å². The summed E-state index contributed by atoms with van der Waals surface area (Å²) in [4.78, 5) is 15.9. The Kier molecular flexibility index (Phi) is 5.83. The standard InChI is InChI=1S/C16H25N3O2S/c20-16(11-13-3-1-5-17-13)18-12-14(15-4-2-10-22-15)19-6-8-21-9-7-19/h2,4,10,13-14,17H,1,3,5-9,11-12H2,(H,18,20). The smallest absolute Gasteiger partial charge is 0.221 e. The van der Waals surface area contributed by atoms with E-state index in [0.717, 1.165) is 39.3 Å². The second kappa shape index (κ2) is 8.06. The summed E-state index contributed by atoms with van der Waals surface area (Å²) in [7, 11) is 0. The van der Waals surface area contributed by atoms with Crippen LogP contribution in [0.2, 0.25) is 0 Å². The van der Waals surface area contributed by atoms with Gasteiger partial charge in [0.2, 0.25) is 5.91 Å². The molecule has 1 aromatic heterocycles. The summed E-state index contributed by atoms with van der Waals surface area (Å²) in [6.45, 7) is 5.16. The van der Waals surface area contributed by atoms with Gasteiger partial charge in [0, 0.05) is 37.0 Å². The van der Waals surface area contributed by atoms with Crippen LogP contribution < -0.4 is 10.6 Å². The summed E-state index contributed by atoms with van der Waals surface area (Å²) in [5.74, 6) is 0.161. The van der Waals surface area contributed by atoms with Crippen molar-refractivity contribution in [2.75, 3.05) is 39.4 Å². The molecule has 2 fully saturated rings. The molecule has 2 unspecified atom stereocenters. The predicted molar refractivity (Wildman–Crippen MR) is 88.1 cm³/mol. The van der Waals surface area contributed by atoms with Crippen LogP contribution in [-0.2, 0) is 9.53 Å². The van der Waals surface area contributed by atoms with Crippen LogP contribution in [0.15, 0.2) is 17.5 Å². The summed E-state index contributed by atoms with van der Waals surface area (Å²) in [6.07, 6.45) is 2.90. The van der Waals surface area contributed by atoms with E-state index in [1.165, 1.54) is 11.3 Å². The molecule has 122 valence electrons. The van der Waals surface area contributed by atoms with Gasteiger partial charge < -0.3 is 15.4 Å². The molecule has 2 saturated heterocycles. The molecule has 0 spiro atoms. The normalized spacial score (nSPS) is 24.3. The third-order valence-corrected chi connectivity index (χ3v) is 5.42. The lowest BCUT2D eigenvalue weighted by Gasteiger charge is -2.34. The van der Waals surface area contributed by atoms with E-state index in [-0.39, 0.29) is 11.9 Å². The predicted octanol–water partition coefficient (Wildman–Crippen LogP) is 1.38. The molecule has 2 aliphatic heterocycles. The minimum atomic E-state index is 0.161. The number of nitrogens with zero attached hydrogens (tertiary/aromatic N) is 1. The number of thiophene rings is 1. The number of nitrogens with one attached hydrogen (secondary N) is 2. The van der Waals surface area contributed by atoms with Crippen LogP contribution in [0.3, 0.4) is 0 Å². The van der Waals surface area contributed by atoms with Gasteiger partial charge in [0.25, 0.3) is 0 Å². The van der Waals surface area contributed by atoms with E-state index in [1.807, 2.05) is 0 Å². The van der Waals surface area contributed by atoms with Crippen LogP contribution in [0, 0.1) is 0 Å².